The van der Waals surface area contributed by atoms with Crippen molar-refractivity contribution in [2.75, 3.05) is 19.7 Å². The van der Waals surface area contributed by atoms with Gasteiger partial charge in [0.15, 0.2) is 0 Å². The zero-order valence-corrected chi connectivity index (χ0v) is 12.7. The van der Waals surface area contributed by atoms with Crippen LogP contribution in [0.1, 0.15) is 21.7 Å². The van der Waals surface area contributed by atoms with E-state index < -0.39 is 0 Å². The van der Waals surface area contributed by atoms with Crippen LogP contribution in [0.3, 0.4) is 0 Å². The Hall–Kier alpha value is -1.65. The lowest BCUT2D eigenvalue weighted by atomic mass is 10.1. The van der Waals surface area contributed by atoms with E-state index in [0.29, 0.717) is 12.5 Å². The molecule has 0 unspecified atom stereocenters. The molecule has 1 saturated heterocycles. The van der Waals surface area contributed by atoms with Crippen molar-refractivity contribution in [3.63, 3.8) is 0 Å². The number of amides is 1. The summed E-state index contributed by atoms with van der Waals surface area (Å²) in [6, 6.07) is 14.0. The Kier molecular flexibility index (Phi) is 4.68. The number of carbonyl (C=O) groups excluding carboxylic acids is 1. The van der Waals surface area contributed by atoms with Gasteiger partial charge in [-0.25, -0.2) is 0 Å². The lowest BCUT2D eigenvalue weighted by Crippen LogP contribution is -2.28. The van der Waals surface area contributed by atoms with Crippen LogP contribution in [-0.4, -0.2) is 30.5 Å². The van der Waals surface area contributed by atoms with Gasteiger partial charge in [-0.15, -0.1) is 11.3 Å². The van der Waals surface area contributed by atoms with E-state index in [9.17, 15) is 4.79 Å². The first-order chi connectivity index (χ1) is 10.3. The SMILES string of the molecule is O=C(c1cccs1)N1CC[C@H](COCc2ccccc2)C1. The van der Waals surface area contributed by atoms with Gasteiger partial charge in [0.2, 0.25) is 0 Å². The molecule has 110 valence electrons. The van der Waals surface area contributed by atoms with E-state index in [-0.39, 0.29) is 5.91 Å². The van der Waals surface area contributed by atoms with Gasteiger partial charge in [0.1, 0.15) is 0 Å². The number of thiophene rings is 1. The van der Waals surface area contributed by atoms with Gasteiger partial charge >= 0.3 is 0 Å². The van der Waals surface area contributed by atoms with E-state index >= 15 is 0 Å². The smallest absolute Gasteiger partial charge is 0.263 e. The highest BCUT2D eigenvalue weighted by molar-refractivity contribution is 7.12. The minimum absolute atomic E-state index is 0.163. The largest absolute Gasteiger partial charge is 0.376 e. The summed E-state index contributed by atoms with van der Waals surface area (Å²) in [5.41, 5.74) is 1.20. The van der Waals surface area contributed by atoms with Crippen LogP contribution in [0.5, 0.6) is 0 Å². The highest BCUT2D eigenvalue weighted by Crippen LogP contribution is 2.21. The van der Waals surface area contributed by atoms with Gasteiger partial charge in [-0.3, -0.25) is 4.79 Å². The lowest BCUT2D eigenvalue weighted by Gasteiger charge is -2.15. The third kappa shape index (κ3) is 3.71. The first-order valence-corrected chi connectivity index (χ1v) is 8.15. The molecule has 1 atom stereocenters. The first kappa shape index (κ1) is 14.3. The molecule has 0 radical (unpaired) electrons. The van der Waals surface area contributed by atoms with Crippen LogP contribution in [0.15, 0.2) is 47.8 Å². The summed E-state index contributed by atoms with van der Waals surface area (Å²) >= 11 is 1.51. The second-order valence-corrected chi connectivity index (χ2v) is 6.33. The van der Waals surface area contributed by atoms with Gasteiger partial charge in [-0.05, 0) is 23.4 Å². The predicted molar refractivity (Wildman–Crippen MR) is 84.4 cm³/mol. The molecule has 1 aliphatic heterocycles. The molecule has 0 N–H and O–H groups in total. The van der Waals surface area contributed by atoms with Gasteiger partial charge in [0, 0.05) is 19.0 Å². The second kappa shape index (κ2) is 6.87. The molecule has 1 aromatic carbocycles. The summed E-state index contributed by atoms with van der Waals surface area (Å²) < 4.78 is 5.79. The third-order valence-electron chi connectivity index (χ3n) is 3.77. The fraction of sp³-hybridized carbons (Fsp3) is 0.353. The number of ether oxygens (including phenoxy) is 1. The average Bonchev–Trinajstić information content (AvgIpc) is 3.19. The predicted octanol–water partition coefficient (Wildman–Crippen LogP) is 3.43. The summed E-state index contributed by atoms with van der Waals surface area (Å²) in [5, 5.41) is 1.95. The summed E-state index contributed by atoms with van der Waals surface area (Å²) in [4.78, 5) is 15.0. The van der Waals surface area contributed by atoms with Crippen molar-refractivity contribution in [2.24, 2.45) is 5.92 Å². The highest BCUT2D eigenvalue weighted by atomic mass is 32.1. The summed E-state index contributed by atoms with van der Waals surface area (Å²) in [7, 11) is 0. The Labute approximate surface area is 129 Å². The Balaban J connectivity index is 1.44. The Bertz CT molecular complexity index is 568. The molecule has 0 saturated carbocycles. The van der Waals surface area contributed by atoms with Crippen LogP contribution in [0.4, 0.5) is 0 Å². The van der Waals surface area contributed by atoms with Gasteiger partial charge in [0.05, 0.1) is 18.1 Å². The van der Waals surface area contributed by atoms with E-state index in [1.807, 2.05) is 40.6 Å². The molecule has 1 aromatic heterocycles. The fourth-order valence-electron chi connectivity index (χ4n) is 2.63. The monoisotopic (exact) mass is 301 g/mol. The van der Waals surface area contributed by atoms with Gasteiger partial charge in [-0.2, -0.15) is 0 Å². The molecule has 3 nitrogen and oxygen atoms in total. The molecule has 4 heteroatoms. The summed E-state index contributed by atoms with van der Waals surface area (Å²) in [5.74, 6) is 0.619. The third-order valence-corrected chi connectivity index (χ3v) is 4.63. The maximum atomic E-state index is 12.2. The van der Waals surface area contributed by atoms with Crippen LogP contribution < -0.4 is 0 Å². The minimum atomic E-state index is 0.163. The van der Waals surface area contributed by atoms with E-state index in [1.54, 1.807) is 0 Å². The number of hydrogen-bond donors (Lipinski definition) is 0. The quantitative estimate of drug-likeness (QED) is 0.847. The van der Waals surface area contributed by atoms with Crippen molar-refractivity contribution in [3.05, 3.63) is 58.3 Å². The molecule has 2 heterocycles. The Morgan fingerprint density at radius 1 is 1.24 bits per heavy atom. The molecular weight excluding hydrogens is 282 g/mol. The number of rotatable bonds is 5. The molecule has 0 spiro atoms. The van der Waals surface area contributed by atoms with Crippen molar-refractivity contribution >= 4 is 17.2 Å². The zero-order valence-electron chi connectivity index (χ0n) is 11.9. The Morgan fingerprint density at radius 2 is 2.10 bits per heavy atom. The van der Waals surface area contributed by atoms with Gasteiger partial charge < -0.3 is 9.64 Å². The number of likely N-dealkylation sites (tertiary alicyclic amines) is 1. The molecular formula is C17H19NO2S. The van der Waals surface area contributed by atoms with Crippen LogP contribution in [0, 0.1) is 5.92 Å². The van der Waals surface area contributed by atoms with Crippen molar-refractivity contribution in [1.82, 2.24) is 4.90 Å². The van der Waals surface area contributed by atoms with Crippen LogP contribution in [-0.2, 0) is 11.3 Å². The average molecular weight is 301 g/mol. The van der Waals surface area contributed by atoms with Gasteiger partial charge in [-0.1, -0.05) is 36.4 Å². The first-order valence-electron chi connectivity index (χ1n) is 7.27. The van der Waals surface area contributed by atoms with Crippen molar-refractivity contribution in [3.8, 4) is 0 Å². The van der Waals surface area contributed by atoms with Crippen molar-refractivity contribution < 1.29 is 9.53 Å². The van der Waals surface area contributed by atoms with Crippen LogP contribution in [0.2, 0.25) is 0 Å². The number of hydrogen-bond acceptors (Lipinski definition) is 3. The topological polar surface area (TPSA) is 29.5 Å². The van der Waals surface area contributed by atoms with Crippen LogP contribution in [0.25, 0.3) is 0 Å². The molecule has 0 bridgehead atoms. The molecule has 1 amide bonds. The molecule has 3 rings (SSSR count). The maximum Gasteiger partial charge on any atom is 0.263 e. The minimum Gasteiger partial charge on any atom is -0.376 e. The number of nitrogens with zero attached hydrogens (tertiary/aromatic N) is 1. The summed E-state index contributed by atoms with van der Waals surface area (Å²) in [6.45, 7) is 3.03. The zero-order chi connectivity index (χ0) is 14.5. The standard InChI is InChI=1S/C17H19NO2S/c19-17(16-7-4-10-21-16)18-9-8-15(11-18)13-20-12-14-5-2-1-3-6-14/h1-7,10,15H,8-9,11-13H2/t15-/m0/s1. The van der Waals surface area contributed by atoms with Crippen LogP contribution >= 0.6 is 11.3 Å². The molecule has 1 aliphatic rings. The van der Waals surface area contributed by atoms with E-state index in [1.165, 1.54) is 16.9 Å². The Morgan fingerprint density at radius 3 is 2.86 bits per heavy atom. The number of benzene rings is 1. The van der Waals surface area contributed by atoms with Crippen molar-refractivity contribution in [2.45, 2.75) is 13.0 Å². The van der Waals surface area contributed by atoms with Gasteiger partial charge in [0.25, 0.3) is 5.91 Å². The van der Waals surface area contributed by atoms with E-state index in [4.69, 9.17) is 4.74 Å². The molecule has 0 aliphatic carbocycles. The maximum absolute atomic E-state index is 12.2. The molecule has 21 heavy (non-hydrogen) atoms. The highest BCUT2D eigenvalue weighted by Gasteiger charge is 2.27. The van der Waals surface area contributed by atoms with Crippen molar-refractivity contribution in [1.29, 1.82) is 0 Å². The van der Waals surface area contributed by atoms with E-state index in [2.05, 4.69) is 12.1 Å². The summed E-state index contributed by atoms with van der Waals surface area (Å²) in [6.07, 6.45) is 1.03. The second-order valence-electron chi connectivity index (χ2n) is 5.38. The lowest BCUT2D eigenvalue weighted by molar-refractivity contribution is 0.0737. The fourth-order valence-corrected chi connectivity index (χ4v) is 3.32. The molecule has 2 aromatic rings. The molecule has 1 fully saturated rings. The normalized spacial score (nSPS) is 18.1. The number of carbonyl (C=O) groups is 1. The van der Waals surface area contributed by atoms with E-state index in [0.717, 1.165) is 31.0 Å².